The molecule has 0 aliphatic carbocycles. The third-order valence-electron chi connectivity index (χ3n) is 3.20. The van der Waals surface area contributed by atoms with Gasteiger partial charge >= 0.3 is 0 Å². The van der Waals surface area contributed by atoms with Crippen LogP contribution in [0.15, 0.2) is 24.5 Å². The highest BCUT2D eigenvalue weighted by molar-refractivity contribution is 5.98. The zero-order chi connectivity index (χ0) is 14.5. The maximum absolute atomic E-state index is 12.0. The first-order valence-corrected chi connectivity index (χ1v) is 6.64. The Balaban J connectivity index is 1.99. The highest BCUT2D eigenvalue weighted by Gasteiger charge is 2.12. The molecule has 0 fully saturated rings. The third-order valence-corrected chi connectivity index (χ3v) is 3.20. The lowest BCUT2D eigenvalue weighted by molar-refractivity contribution is -0.129. The number of imidazole rings is 1. The molecule has 0 unspecified atom stereocenters. The quantitative estimate of drug-likeness (QED) is 0.859. The van der Waals surface area contributed by atoms with Gasteiger partial charge in [-0.2, -0.15) is 0 Å². The SMILES string of the molecule is CCN(CC)C(=O)CNC(=O)c1ccc2nc[nH]c2c1. The molecule has 2 rings (SSSR count). The van der Waals surface area contributed by atoms with Crippen LogP contribution in [0.3, 0.4) is 0 Å². The highest BCUT2D eigenvalue weighted by Crippen LogP contribution is 2.11. The smallest absolute Gasteiger partial charge is 0.251 e. The van der Waals surface area contributed by atoms with Crippen LogP contribution in [0.4, 0.5) is 0 Å². The van der Waals surface area contributed by atoms with E-state index < -0.39 is 0 Å². The number of H-pyrrole nitrogens is 1. The molecule has 0 radical (unpaired) electrons. The molecule has 2 amide bonds. The molecule has 6 nitrogen and oxygen atoms in total. The number of nitrogens with one attached hydrogen (secondary N) is 2. The number of rotatable bonds is 5. The van der Waals surface area contributed by atoms with Crippen molar-refractivity contribution in [1.29, 1.82) is 0 Å². The number of hydrogen-bond donors (Lipinski definition) is 2. The number of carbonyl (C=O) groups is 2. The number of fused-ring (bicyclic) bond motifs is 1. The second-order valence-corrected chi connectivity index (χ2v) is 4.38. The molecular formula is C14H18N4O2. The van der Waals surface area contributed by atoms with E-state index in [4.69, 9.17) is 0 Å². The van der Waals surface area contributed by atoms with Gasteiger partial charge in [0, 0.05) is 18.7 Å². The normalized spacial score (nSPS) is 10.5. The van der Waals surface area contributed by atoms with Crippen molar-refractivity contribution in [2.45, 2.75) is 13.8 Å². The van der Waals surface area contributed by atoms with Gasteiger partial charge in [0.05, 0.1) is 23.9 Å². The molecular weight excluding hydrogens is 256 g/mol. The average molecular weight is 274 g/mol. The van der Waals surface area contributed by atoms with Crippen molar-refractivity contribution < 1.29 is 9.59 Å². The van der Waals surface area contributed by atoms with Gasteiger partial charge in [-0.1, -0.05) is 0 Å². The van der Waals surface area contributed by atoms with Gasteiger partial charge in [0.2, 0.25) is 5.91 Å². The Labute approximate surface area is 117 Å². The molecule has 0 bridgehead atoms. The predicted molar refractivity (Wildman–Crippen MR) is 76.4 cm³/mol. The van der Waals surface area contributed by atoms with E-state index in [0.29, 0.717) is 18.7 Å². The first-order chi connectivity index (χ1) is 9.65. The van der Waals surface area contributed by atoms with Gasteiger partial charge in [-0.25, -0.2) is 4.98 Å². The molecule has 0 aliphatic rings. The Morgan fingerprint density at radius 3 is 2.75 bits per heavy atom. The molecule has 1 heterocycles. The van der Waals surface area contributed by atoms with Crippen molar-refractivity contribution in [3.05, 3.63) is 30.1 Å². The van der Waals surface area contributed by atoms with Gasteiger partial charge in [0.25, 0.3) is 5.91 Å². The van der Waals surface area contributed by atoms with Crippen molar-refractivity contribution in [3.63, 3.8) is 0 Å². The van der Waals surface area contributed by atoms with Crippen LogP contribution in [0, 0.1) is 0 Å². The Kier molecular flexibility index (Phi) is 4.34. The number of nitrogens with zero attached hydrogens (tertiary/aromatic N) is 2. The Hall–Kier alpha value is -2.37. The largest absolute Gasteiger partial charge is 0.345 e. The molecule has 1 aromatic heterocycles. The fraction of sp³-hybridized carbons (Fsp3) is 0.357. The van der Waals surface area contributed by atoms with Crippen molar-refractivity contribution >= 4 is 22.8 Å². The molecule has 2 N–H and O–H groups in total. The lowest BCUT2D eigenvalue weighted by Crippen LogP contribution is -2.39. The van der Waals surface area contributed by atoms with Crippen molar-refractivity contribution in [3.8, 4) is 0 Å². The van der Waals surface area contributed by atoms with E-state index in [-0.39, 0.29) is 18.4 Å². The van der Waals surface area contributed by atoms with E-state index in [2.05, 4.69) is 15.3 Å². The molecule has 0 aliphatic heterocycles. The summed E-state index contributed by atoms with van der Waals surface area (Å²) in [7, 11) is 0. The van der Waals surface area contributed by atoms with E-state index in [0.717, 1.165) is 11.0 Å². The number of aromatic nitrogens is 2. The summed E-state index contributed by atoms with van der Waals surface area (Å²) in [4.78, 5) is 32.5. The molecule has 20 heavy (non-hydrogen) atoms. The van der Waals surface area contributed by atoms with Crippen LogP contribution in [0.1, 0.15) is 24.2 Å². The van der Waals surface area contributed by atoms with Crippen molar-refractivity contribution in [1.82, 2.24) is 20.2 Å². The molecule has 0 saturated carbocycles. The van der Waals surface area contributed by atoms with Crippen molar-refractivity contribution in [2.24, 2.45) is 0 Å². The molecule has 0 atom stereocenters. The number of amides is 2. The second-order valence-electron chi connectivity index (χ2n) is 4.38. The lowest BCUT2D eigenvalue weighted by atomic mass is 10.2. The van der Waals surface area contributed by atoms with Crippen LogP contribution in [-0.2, 0) is 4.79 Å². The molecule has 6 heteroatoms. The van der Waals surface area contributed by atoms with Crippen molar-refractivity contribution in [2.75, 3.05) is 19.6 Å². The summed E-state index contributed by atoms with van der Waals surface area (Å²) < 4.78 is 0. The number of aromatic amines is 1. The molecule has 106 valence electrons. The van der Waals surface area contributed by atoms with Gasteiger partial charge in [-0.3, -0.25) is 9.59 Å². The molecule has 2 aromatic rings. The second kappa shape index (κ2) is 6.18. The zero-order valence-corrected chi connectivity index (χ0v) is 11.6. The summed E-state index contributed by atoms with van der Waals surface area (Å²) in [6, 6.07) is 5.19. The zero-order valence-electron chi connectivity index (χ0n) is 11.6. The van der Waals surface area contributed by atoms with Gasteiger partial charge in [-0.05, 0) is 32.0 Å². The number of likely N-dealkylation sites (N-methyl/N-ethyl adjacent to an activating group) is 1. The van der Waals surface area contributed by atoms with Crippen LogP contribution in [-0.4, -0.2) is 46.3 Å². The molecule has 0 saturated heterocycles. The Bertz CT molecular complexity index is 616. The number of benzene rings is 1. The topological polar surface area (TPSA) is 78.1 Å². The van der Waals surface area contributed by atoms with Gasteiger partial charge in [0.1, 0.15) is 0 Å². The van der Waals surface area contributed by atoms with E-state index in [9.17, 15) is 9.59 Å². The minimum Gasteiger partial charge on any atom is -0.345 e. The van der Waals surface area contributed by atoms with E-state index in [1.54, 1.807) is 29.4 Å². The average Bonchev–Trinajstić information content (AvgIpc) is 2.93. The standard InChI is InChI=1S/C14H18N4O2/c1-3-18(4-2)13(19)8-15-14(20)10-5-6-11-12(7-10)17-9-16-11/h5-7,9H,3-4,8H2,1-2H3,(H,15,20)(H,16,17). The monoisotopic (exact) mass is 274 g/mol. The fourth-order valence-corrected chi connectivity index (χ4v) is 2.02. The number of carbonyl (C=O) groups excluding carboxylic acids is 2. The van der Waals surface area contributed by atoms with E-state index >= 15 is 0 Å². The van der Waals surface area contributed by atoms with Crippen LogP contribution in [0.2, 0.25) is 0 Å². The summed E-state index contributed by atoms with van der Waals surface area (Å²) in [6.07, 6.45) is 1.58. The summed E-state index contributed by atoms with van der Waals surface area (Å²) in [5.74, 6) is -0.340. The highest BCUT2D eigenvalue weighted by atomic mass is 16.2. The van der Waals surface area contributed by atoms with E-state index in [1.165, 1.54) is 0 Å². The van der Waals surface area contributed by atoms with E-state index in [1.807, 2.05) is 13.8 Å². The predicted octanol–water partition coefficient (Wildman–Crippen LogP) is 1.16. The maximum Gasteiger partial charge on any atom is 0.251 e. The minimum absolute atomic E-state index is 0.0154. The summed E-state index contributed by atoms with van der Waals surface area (Å²) in [5, 5.41) is 2.64. The lowest BCUT2D eigenvalue weighted by Gasteiger charge is -2.18. The molecule has 1 aromatic carbocycles. The summed E-state index contributed by atoms with van der Waals surface area (Å²) >= 11 is 0. The number of hydrogen-bond acceptors (Lipinski definition) is 3. The van der Waals surface area contributed by atoms with Crippen LogP contribution >= 0.6 is 0 Å². The first kappa shape index (κ1) is 14.0. The Morgan fingerprint density at radius 2 is 2.05 bits per heavy atom. The van der Waals surface area contributed by atoms with Crippen LogP contribution in [0.25, 0.3) is 11.0 Å². The summed E-state index contributed by atoms with van der Waals surface area (Å²) in [5.41, 5.74) is 2.11. The van der Waals surface area contributed by atoms with Gasteiger partial charge in [-0.15, -0.1) is 0 Å². The first-order valence-electron chi connectivity index (χ1n) is 6.64. The minimum atomic E-state index is -0.262. The van der Waals surface area contributed by atoms with Crippen LogP contribution in [0.5, 0.6) is 0 Å². The van der Waals surface area contributed by atoms with Crippen LogP contribution < -0.4 is 5.32 Å². The summed E-state index contributed by atoms with van der Waals surface area (Å²) in [6.45, 7) is 5.13. The molecule has 0 spiro atoms. The maximum atomic E-state index is 12.0. The Morgan fingerprint density at radius 1 is 1.30 bits per heavy atom. The van der Waals surface area contributed by atoms with Gasteiger partial charge in [0.15, 0.2) is 0 Å². The fourth-order valence-electron chi connectivity index (χ4n) is 2.02. The van der Waals surface area contributed by atoms with Gasteiger partial charge < -0.3 is 15.2 Å². The third kappa shape index (κ3) is 2.96.